The van der Waals surface area contributed by atoms with Crippen LogP contribution in [-0.2, 0) is 0 Å². The van der Waals surface area contributed by atoms with Crippen molar-refractivity contribution in [3.63, 3.8) is 0 Å². The Balaban J connectivity index is 2.53. The molecule has 0 spiro atoms. The number of hydrogen-bond acceptors (Lipinski definition) is 3. The molecule has 82 valence electrons. The lowest BCUT2D eigenvalue weighted by molar-refractivity contribution is 0.373. The molecular weight excluding hydrogens is 202 g/mol. The molecule has 0 radical (unpaired) electrons. The van der Waals surface area contributed by atoms with E-state index in [0.717, 1.165) is 16.7 Å². The Bertz CT molecular complexity index is 509. The number of phenolic OH excluding ortho intramolecular Hbond substituents is 1. The molecule has 2 rings (SSSR count). The van der Waals surface area contributed by atoms with Gasteiger partial charge in [0.05, 0.1) is 7.11 Å². The van der Waals surface area contributed by atoms with E-state index in [1.807, 2.05) is 19.1 Å². The number of pyridine rings is 1. The van der Waals surface area contributed by atoms with Crippen LogP contribution in [0.15, 0.2) is 36.7 Å². The Kier molecular flexibility index (Phi) is 2.77. The third kappa shape index (κ3) is 1.84. The van der Waals surface area contributed by atoms with E-state index in [2.05, 4.69) is 4.98 Å². The van der Waals surface area contributed by atoms with Gasteiger partial charge < -0.3 is 9.84 Å². The fourth-order valence-corrected chi connectivity index (χ4v) is 1.61. The van der Waals surface area contributed by atoms with Gasteiger partial charge in [0.2, 0.25) is 0 Å². The number of aromatic hydroxyl groups is 1. The highest BCUT2D eigenvalue weighted by atomic mass is 16.5. The van der Waals surface area contributed by atoms with Crippen LogP contribution >= 0.6 is 0 Å². The zero-order chi connectivity index (χ0) is 11.5. The minimum Gasteiger partial charge on any atom is -0.504 e. The average Bonchev–Trinajstić information content (AvgIpc) is 2.31. The Morgan fingerprint density at radius 3 is 2.75 bits per heavy atom. The molecule has 0 amide bonds. The molecule has 1 aromatic heterocycles. The molecule has 1 N–H and O–H groups in total. The predicted octanol–water partition coefficient (Wildman–Crippen LogP) is 2.77. The molecule has 0 unspecified atom stereocenters. The smallest absolute Gasteiger partial charge is 0.161 e. The highest BCUT2D eigenvalue weighted by Gasteiger charge is 2.06. The summed E-state index contributed by atoms with van der Waals surface area (Å²) < 4.78 is 5.08. The second-order valence-electron chi connectivity index (χ2n) is 3.58. The van der Waals surface area contributed by atoms with Gasteiger partial charge in [-0.25, -0.2) is 0 Å². The normalized spacial score (nSPS) is 10.1. The zero-order valence-electron chi connectivity index (χ0n) is 9.27. The molecule has 0 aliphatic heterocycles. The summed E-state index contributed by atoms with van der Waals surface area (Å²) in [6.45, 7) is 2.02. The summed E-state index contributed by atoms with van der Waals surface area (Å²) >= 11 is 0. The second kappa shape index (κ2) is 4.23. The van der Waals surface area contributed by atoms with E-state index >= 15 is 0 Å². The highest BCUT2D eigenvalue weighted by molar-refractivity contribution is 5.69. The summed E-state index contributed by atoms with van der Waals surface area (Å²) in [5.74, 6) is 0.619. The lowest BCUT2D eigenvalue weighted by Crippen LogP contribution is -1.87. The van der Waals surface area contributed by atoms with Crippen LogP contribution in [0.25, 0.3) is 11.1 Å². The van der Waals surface area contributed by atoms with Gasteiger partial charge in [-0.05, 0) is 36.2 Å². The van der Waals surface area contributed by atoms with E-state index in [4.69, 9.17) is 4.74 Å². The predicted molar refractivity (Wildman–Crippen MR) is 62.6 cm³/mol. The first-order valence-corrected chi connectivity index (χ1v) is 5.00. The molecule has 1 heterocycles. The largest absolute Gasteiger partial charge is 0.504 e. The van der Waals surface area contributed by atoms with Gasteiger partial charge in [-0.15, -0.1) is 0 Å². The minimum absolute atomic E-state index is 0.146. The lowest BCUT2D eigenvalue weighted by Gasteiger charge is -2.08. The minimum atomic E-state index is 0.146. The van der Waals surface area contributed by atoms with Crippen molar-refractivity contribution in [2.75, 3.05) is 7.11 Å². The van der Waals surface area contributed by atoms with E-state index in [9.17, 15) is 5.11 Å². The van der Waals surface area contributed by atoms with Crippen LogP contribution in [0.4, 0.5) is 0 Å². The number of aromatic nitrogens is 1. The van der Waals surface area contributed by atoms with Crippen LogP contribution in [0.3, 0.4) is 0 Å². The number of benzene rings is 1. The molecule has 0 aliphatic rings. The standard InChI is InChI=1S/C13H13NO2/c1-9-5-6-14-8-11(9)10-3-4-12(15)13(7-10)16-2/h3-8,15H,1-2H3. The van der Waals surface area contributed by atoms with Crippen LogP contribution in [0, 0.1) is 6.92 Å². The topological polar surface area (TPSA) is 42.4 Å². The van der Waals surface area contributed by atoms with Crippen LogP contribution in [0.2, 0.25) is 0 Å². The van der Waals surface area contributed by atoms with Gasteiger partial charge >= 0.3 is 0 Å². The molecule has 0 atom stereocenters. The van der Waals surface area contributed by atoms with E-state index in [0.29, 0.717) is 5.75 Å². The van der Waals surface area contributed by atoms with Crippen molar-refractivity contribution in [2.24, 2.45) is 0 Å². The third-order valence-electron chi connectivity index (χ3n) is 2.53. The SMILES string of the molecule is COc1cc(-c2cnccc2C)ccc1O. The Labute approximate surface area is 94.3 Å². The summed E-state index contributed by atoms with van der Waals surface area (Å²) in [7, 11) is 1.54. The number of phenols is 1. The third-order valence-corrected chi connectivity index (χ3v) is 2.53. The molecule has 1 aromatic carbocycles. The first-order chi connectivity index (χ1) is 7.72. The number of methoxy groups -OCH3 is 1. The van der Waals surface area contributed by atoms with E-state index in [-0.39, 0.29) is 5.75 Å². The van der Waals surface area contributed by atoms with Crippen LogP contribution in [0.5, 0.6) is 11.5 Å². The van der Waals surface area contributed by atoms with Crippen LogP contribution in [0.1, 0.15) is 5.56 Å². The number of ether oxygens (including phenoxy) is 1. The molecule has 0 saturated carbocycles. The molecule has 0 saturated heterocycles. The van der Waals surface area contributed by atoms with Crippen LogP contribution in [-0.4, -0.2) is 17.2 Å². The number of nitrogens with zero attached hydrogens (tertiary/aromatic N) is 1. The van der Waals surface area contributed by atoms with E-state index < -0.39 is 0 Å². The molecule has 0 aliphatic carbocycles. The molecular formula is C13H13NO2. The molecule has 0 fully saturated rings. The van der Waals surface area contributed by atoms with Crippen molar-refractivity contribution in [1.29, 1.82) is 0 Å². The zero-order valence-corrected chi connectivity index (χ0v) is 9.27. The van der Waals surface area contributed by atoms with Crippen molar-refractivity contribution >= 4 is 0 Å². The van der Waals surface area contributed by atoms with E-state index in [1.165, 1.54) is 7.11 Å². The Morgan fingerprint density at radius 1 is 1.25 bits per heavy atom. The van der Waals surface area contributed by atoms with Crippen molar-refractivity contribution < 1.29 is 9.84 Å². The van der Waals surface area contributed by atoms with Gasteiger partial charge in [-0.2, -0.15) is 0 Å². The summed E-state index contributed by atoms with van der Waals surface area (Å²) in [5, 5.41) is 9.51. The van der Waals surface area contributed by atoms with Crippen molar-refractivity contribution in [1.82, 2.24) is 4.98 Å². The summed E-state index contributed by atoms with van der Waals surface area (Å²) in [4.78, 5) is 4.10. The van der Waals surface area contributed by atoms with Gasteiger partial charge in [-0.3, -0.25) is 4.98 Å². The van der Waals surface area contributed by atoms with Gasteiger partial charge in [-0.1, -0.05) is 6.07 Å². The second-order valence-corrected chi connectivity index (χ2v) is 3.58. The first kappa shape index (κ1) is 10.5. The van der Waals surface area contributed by atoms with E-state index in [1.54, 1.807) is 24.5 Å². The first-order valence-electron chi connectivity index (χ1n) is 5.00. The Hall–Kier alpha value is -2.03. The van der Waals surface area contributed by atoms with Gasteiger partial charge in [0.1, 0.15) is 0 Å². The summed E-state index contributed by atoms with van der Waals surface area (Å²) in [6.07, 6.45) is 3.57. The number of aryl methyl sites for hydroxylation is 1. The van der Waals surface area contributed by atoms with Crippen molar-refractivity contribution in [2.45, 2.75) is 6.92 Å². The maximum atomic E-state index is 9.51. The highest BCUT2D eigenvalue weighted by Crippen LogP contribution is 2.32. The quantitative estimate of drug-likeness (QED) is 0.837. The molecule has 16 heavy (non-hydrogen) atoms. The lowest BCUT2D eigenvalue weighted by atomic mass is 10.0. The molecule has 0 bridgehead atoms. The maximum absolute atomic E-state index is 9.51. The maximum Gasteiger partial charge on any atom is 0.161 e. The van der Waals surface area contributed by atoms with Gasteiger partial charge in [0.25, 0.3) is 0 Å². The summed E-state index contributed by atoms with van der Waals surface area (Å²) in [6, 6.07) is 7.23. The Morgan fingerprint density at radius 2 is 2.06 bits per heavy atom. The monoisotopic (exact) mass is 215 g/mol. The number of rotatable bonds is 2. The fourth-order valence-electron chi connectivity index (χ4n) is 1.61. The summed E-state index contributed by atoms with van der Waals surface area (Å²) in [5.41, 5.74) is 3.17. The van der Waals surface area contributed by atoms with Gasteiger partial charge in [0.15, 0.2) is 11.5 Å². The molecule has 3 heteroatoms. The van der Waals surface area contributed by atoms with Crippen LogP contribution < -0.4 is 4.74 Å². The number of hydrogen-bond donors (Lipinski definition) is 1. The fraction of sp³-hybridized carbons (Fsp3) is 0.154. The van der Waals surface area contributed by atoms with Gasteiger partial charge in [0, 0.05) is 18.0 Å². The average molecular weight is 215 g/mol. The molecule has 3 nitrogen and oxygen atoms in total. The van der Waals surface area contributed by atoms with Crippen molar-refractivity contribution in [3.05, 3.63) is 42.2 Å². The molecule has 2 aromatic rings. The van der Waals surface area contributed by atoms with Crippen molar-refractivity contribution in [3.8, 4) is 22.6 Å².